The van der Waals surface area contributed by atoms with Crippen LogP contribution in [0.3, 0.4) is 0 Å². The minimum atomic E-state index is 0.151. The van der Waals surface area contributed by atoms with Crippen LogP contribution in [-0.2, 0) is 4.74 Å². The van der Waals surface area contributed by atoms with Crippen molar-refractivity contribution in [1.82, 2.24) is 0 Å². The van der Waals surface area contributed by atoms with Gasteiger partial charge < -0.3 is 10.5 Å². The molecule has 0 saturated heterocycles. The van der Waals surface area contributed by atoms with Crippen LogP contribution in [0.5, 0.6) is 0 Å². The van der Waals surface area contributed by atoms with Crippen molar-refractivity contribution in [3.05, 3.63) is 0 Å². The first-order chi connectivity index (χ1) is 7.55. The molecule has 2 unspecified atom stereocenters. The van der Waals surface area contributed by atoms with Crippen LogP contribution in [0.1, 0.15) is 46.0 Å². The van der Waals surface area contributed by atoms with E-state index in [2.05, 4.69) is 13.8 Å². The lowest BCUT2D eigenvalue weighted by Gasteiger charge is -2.49. The molecule has 0 aromatic heterocycles. The number of ether oxygens (including phenoxy) is 1. The number of hydrogen-bond donors (Lipinski definition) is 1. The second-order valence-corrected chi connectivity index (χ2v) is 5.83. The lowest BCUT2D eigenvalue weighted by molar-refractivity contribution is -0.0851. The lowest BCUT2D eigenvalue weighted by Crippen LogP contribution is -2.54. The molecule has 3 nitrogen and oxygen atoms in total. The number of methoxy groups -OCH3 is 1. The topological polar surface area (TPSA) is 47.6 Å². The summed E-state index contributed by atoms with van der Waals surface area (Å²) in [7, 11) is 1.78. The maximum absolute atomic E-state index is 6.11. The number of hydrogen-bond acceptors (Lipinski definition) is 2. The van der Waals surface area contributed by atoms with Gasteiger partial charge in [0.1, 0.15) is 0 Å². The Kier molecular flexibility index (Phi) is 3.24. The highest BCUT2D eigenvalue weighted by Gasteiger charge is 2.48. The second kappa shape index (κ2) is 4.36. The van der Waals surface area contributed by atoms with Crippen LogP contribution >= 0.6 is 0 Å². The van der Waals surface area contributed by atoms with E-state index >= 15 is 0 Å². The molecule has 2 aliphatic rings. The summed E-state index contributed by atoms with van der Waals surface area (Å²) >= 11 is 0. The predicted octanol–water partition coefficient (Wildman–Crippen LogP) is 2.35. The van der Waals surface area contributed by atoms with Crippen molar-refractivity contribution < 1.29 is 4.74 Å². The van der Waals surface area contributed by atoms with Crippen molar-refractivity contribution in [2.45, 2.75) is 58.1 Å². The quantitative estimate of drug-likeness (QED) is 0.591. The van der Waals surface area contributed by atoms with Crippen molar-refractivity contribution in [2.75, 3.05) is 7.11 Å². The van der Waals surface area contributed by atoms with Gasteiger partial charge in [-0.15, -0.1) is 0 Å². The highest BCUT2D eigenvalue weighted by atomic mass is 16.5. The largest absolute Gasteiger partial charge is 0.387 e. The highest BCUT2D eigenvalue weighted by Crippen LogP contribution is 2.44. The number of rotatable bonds is 3. The zero-order valence-corrected chi connectivity index (χ0v) is 10.7. The molecule has 0 bridgehead atoms. The normalized spacial score (nSPS) is 35.1. The van der Waals surface area contributed by atoms with Crippen LogP contribution < -0.4 is 5.73 Å². The lowest BCUT2D eigenvalue weighted by atomic mass is 9.64. The van der Waals surface area contributed by atoms with Gasteiger partial charge in [0.05, 0.1) is 18.0 Å². The van der Waals surface area contributed by atoms with Crippen LogP contribution in [0.25, 0.3) is 0 Å². The Balaban J connectivity index is 1.97. The summed E-state index contributed by atoms with van der Waals surface area (Å²) < 4.78 is 5.43. The van der Waals surface area contributed by atoms with Gasteiger partial charge in [0.15, 0.2) is 0 Å². The fourth-order valence-electron chi connectivity index (χ4n) is 2.99. The molecule has 2 atom stereocenters. The Morgan fingerprint density at radius 3 is 2.44 bits per heavy atom. The molecule has 92 valence electrons. The van der Waals surface area contributed by atoms with Crippen LogP contribution in [0, 0.1) is 11.3 Å². The third-order valence-corrected chi connectivity index (χ3v) is 4.49. The van der Waals surface area contributed by atoms with Gasteiger partial charge in [0.2, 0.25) is 0 Å². The van der Waals surface area contributed by atoms with E-state index in [0.29, 0.717) is 18.1 Å². The van der Waals surface area contributed by atoms with Crippen LogP contribution in [0.15, 0.2) is 4.99 Å². The second-order valence-electron chi connectivity index (χ2n) is 5.83. The molecule has 0 spiro atoms. The molecule has 0 aliphatic heterocycles. The summed E-state index contributed by atoms with van der Waals surface area (Å²) in [6.45, 7) is 4.45. The molecular weight excluding hydrogens is 200 g/mol. The standard InChI is InChI=1S/C13H24N2O/c1-13(2)10(8-11(13)16-3)15-12(14)9-6-4-5-7-9/h9-11H,4-8H2,1-3H3,(H2,14,15). The molecule has 2 N–H and O–H groups in total. The Labute approximate surface area is 98.5 Å². The van der Waals surface area contributed by atoms with Gasteiger partial charge >= 0.3 is 0 Å². The zero-order valence-electron chi connectivity index (χ0n) is 10.7. The summed E-state index contributed by atoms with van der Waals surface area (Å²) in [5, 5.41) is 0. The predicted molar refractivity (Wildman–Crippen MR) is 66.6 cm³/mol. The molecule has 3 heteroatoms. The molecule has 2 saturated carbocycles. The Morgan fingerprint density at radius 1 is 1.31 bits per heavy atom. The van der Waals surface area contributed by atoms with Gasteiger partial charge in [0.25, 0.3) is 0 Å². The maximum atomic E-state index is 6.11. The van der Waals surface area contributed by atoms with E-state index in [0.717, 1.165) is 12.3 Å². The minimum absolute atomic E-state index is 0.151. The molecular formula is C13H24N2O. The first-order valence-electron chi connectivity index (χ1n) is 6.41. The number of amidine groups is 1. The third kappa shape index (κ3) is 1.97. The summed E-state index contributed by atoms with van der Waals surface area (Å²) in [5.74, 6) is 1.45. The number of nitrogens with zero attached hydrogens (tertiary/aromatic N) is 1. The Hall–Kier alpha value is -0.570. The number of nitrogens with two attached hydrogens (primary N) is 1. The SMILES string of the molecule is COC1CC(N=C(N)C2CCCC2)C1(C)C. The fourth-order valence-corrected chi connectivity index (χ4v) is 2.99. The third-order valence-electron chi connectivity index (χ3n) is 4.49. The van der Waals surface area contributed by atoms with Crippen LogP contribution in [-0.4, -0.2) is 25.1 Å². The van der Waals surface area contributed by atoms with Crippen molar-refractivity contribution in [1.29, 1.82) is 0 Å². The molecule has 0 amide bonds. The smallest absolute Gasteiger partial charge is 0.0972 e. The van der Waals surface area contributed by atoms with E-state index in [1.807, 2.05) is 0 Å². The van der Waals surface area contributed by atoms with Gasteiger partial charge in [-0.1, -0.05) is 26.7 Å². The van der Waals surface area contributed by atoms with E-state index in [4.69, 9.17) is 15.5 Å². The summed E-state index contributed by atoms with van der Waals surface area (Å²) in [4.78, 5) is 4.73. The first-order valence-corrected chi connectivity index (χ1v) is 6.41. The van der Waals surface area contributed by atoms with Crippen molar-refractivity contribution >= 4 is 5.84 Å². The van der Waals surface area contributed by atoms with Crippen molar-refractivity contribution in [3.8, 4) is 0 Å². The minimum Gasteiger partial charge on any atom is -0.387 e. The van der Waals surface area contributed by atoms with Crippen molar-refractivity contribution in [2.24, 2.45) is 22.1 Å². The molecule has 2 aliphatic carbocycles. The average Bonchev–Trinajstić information content (AvgIpc) is 2.76. The fraction of sp³-hybridized carbons (Fsp3) is 0.923. The molecule has 0 radical (unpaired) electrons. The van der Waals surface area contributed by atoms with Gasteiger partial charge in [-0.25, -0.2) is 0 Å². The van der Waals surface area contributed by atoms with Crippen LogP contribution in [0.4, 0.5) is 0 Å². The summed E-state index contributed by atoms with van der Waals surface area (Å²) in [6, 6.07) is 0.359. The monoisotopic (exact) mass is 224 g/mol. The maximum Gasteiger partial charge on any atom is 0.0972 e. The molecule has 2 rings (SSSR count). The van der Waals surface area contributed by atoms with Gasteiger partial charge in [-0.3, -0.25) is 4.99 Å². The van der Waals surface area contributed by atoms with Crippen molar-refractivity contribution in [3.63, 3.8) is 0 Å². The molecule has 16 heavy (non-hydrogen) atoms. The van der Waals surface area contributed by atoms with E-state index in [1.165, 1.54) is 25.7 Å². The van der Waals surface area contributed by atoms with Gasteiger partial charge in [0, 0.05) is 18.4 Å². The Bertz CT molecular complexity index is 280. The number of aliphatic imine (C=N–C) groups is 1. The zero-order chi connectivity index (χ0) is 11.8. The van der Waals surface area contributed by atoms with Crippen LogP contribution in [0.2, 0.25) is 0 Å². The van der Waals surface area contributed by atoms with E-state index < -0.39 is 0 Å². The van der Waals surface area contributed by atoms with E-state index in [9.17, 15) is 0 Å². The van der Waals surface area contributed by atoms with Gasteiger partial charge in [-0.05, 0) is 19.3 Å². The summed E-state index contributed by atoms with van der Waals surface area (Å²) in [6.07, 6.45) is 6.46. The summed E-state index contributed by atoms with van der Waals surface area (Å²) in [5.41, 5.74) is 6.26. The molecule has 0 heterocycles. The molecule has 0 aromatic carbocycles. The average molecular weight is 224 g/mol. The van der Waals surface area contributed by atoms with E-state index in [1.54, 1.807) is 7.11 Å². The van der Waals surface area contributed by atoms with E-state index in [-0.39, 0.29) is 5.41 Å². The Morgan fingerprint density at radius 2 is 1.94 bits per heavy atom. The molecule has 2 fully saturated rings. The molecule has 0 aromatic rings. The first kappa shape index (κ1) is 11.9. The highest BCUT2D eigenvalue weighted by molar-refractivity contribution is 5.83. The van der Waals surface area contributed by atoms with Gasteiger partial charge in [-0.2, -0.15) is 0 Å².